The molecule has 0 unspecified atom stereocenters. The van der Waals surface area contributed by atoms with Gasteiger partial charge < -0.3 is 25.2 Å². The van der Waals surface area contributed by atoms with Gasteiger partial charge in [0, 0.05) is 23.0 Å². The molecule has 2 aromatic rings. The van der Waals surface area contributed by atoms with Gasteiger partial charge in [-0.15, -0.1) is 0 Å². The molecule has 1 amide bonds. The smallest absolute Gasteiger partial charge is 0.337 e. The van der Waals surface area contributed by atoms with Gasteiger partial charge in [-0.2, -0.15) is 0 Å². The summed E-state index contributed by atoms with van der Waals surface area (Å²) in [5, 5.41) is 23.4. The minimum absolute atomic E-state index is 0.0738. The van der Waals surface area contributed by atoms with Crippen LogP contribution in [0.2, 0.25) is 0 Å². The number of methoxy groups -OCH3 is 1. The maximum absolute atomic E-state index is 12.6. The topological polar surface area (TPSA) is 99.1 Å². The molecule has 0 saturated carbocycles. The molecule has 0 aliphatic carbocycles. The first-order valence-electron chi connectivity index (χ1n) is 7.76. The number of hydrogen-bond donors (Lipinski definition) is 3. The fraction of sp³-hybridized carbons (Fsp3) is 0.222. The van der Waals surface area contributed by atoms with Crippen LogP contribution in [-0.2, 0) is 14.3 Å². The van der Waals surface area contributed by atoms with Gasteiger partial charge in [0.25, 0.3) is 5.91 Å². The Morgan fingerprint density at radius 2 is 1.96 bits per heavy atom. The molecule has 25 heavy (non-hydrogen) atoms. The number of amides is 1. The van der Waals surface area contributed by atoms with Crippen LogP contribution in [0.5, 0.6) is 5.75 Å². The number of nitrogens with zero attached hydrogens (tertiary/aromatic N) is 1. The second-order valence-corrected chi connectivity index (χ2v) is 5.60. The molecule has 130 valence electrons. The van der Waals surface area contributed by atoms with Crippen LogP contribution >= 0.6 is 0 Å². The van der Waals surface area contributed by atoms with Crippen molar-refractivity contribution < 1.29 is 24.5 Å². The minimum atomic E-state index is -0.598. The SMILES string of the molecule is COC(=O)C1=C(Nc2ccc(O)c3ccccc23)C(=O)N(CCO)C1. The number of fused-ring (bicyclic) bond motifs is 1. The van der Waals surface area contributed by atoms with Gasteiger partial charge in [-0.25, -0.2) is 4.79 Å². The zero-order chi connectivity index (χ0) is 18.0. The van der Waals surface area contributed by atoms with Crippen molar-refractivity contribution in [1.82, 2.24) is 4.90 Å². The van der Waals surface area contributed by atoms with Crippen LogP contribution in [0.15, 0.2) is 47.7 Å². The maximum Gasteiger partial charge on any atom is 0.337 e. The zero-order valence-corrected chi connectivity index (χ0v) is 13.7. The second kappa shape index (κ2) is 6.82. The number of carbonyl (C=O) groups is 2. The van der Waals surface area contributed by atoms with Crippen LogP contribution in [0.3, 0.4) is 0 Å². The Morgan fingerprint density at radius 1 is 1.24 bits per heavy atom. The molecule has 0 spiro atoms. The standard InChI is InChI=1S/C18H18N2O5/c1-25-18(24)13-10-20(8-9-21)17(23)16(13)19-14-6-7-15(22)12-5-3-2-4-11(12)14/h2-7,19,21-22H,8-10H2,1H3. The van der Waals surface area contributed by atoms with E-state index in [-0.39, 0.29) is 42.6 Å². The third-order valence-electron chi connectivity index (χ3n) is 4.11. The first-order chi connectivity index (χ1) is 12.1. The van der Waals surface area contributed by atoms with Crippen molar-refractivity contribution in [3.8, 4) is 5.75 Å². The lowest BCUT2D eigenvalue weighted by atomic mass is 10.1. The molecule has 1 heterocycles. The highest BCUT2D eigenvalue weighted by molar-refractivity contribution is 6.10. The number of aliphatic hydroxyl groups is 1. The summed E-state index contributed by atoms with van der Waals surface area (Å²) in [5.74, 6) is -0.853. The first-order valence-corrected chi connectivity index (χ1v) is 7.76. The molecule has 3 rings (SSSR count). The molecule has 2 aromatic carbocycles. The third kappa shape index (κ3) is 3.01. The molecule has 7 heteroatoms. The summed E-state index contributed by atoms with van der Waals surface area (Å²) in [6.07, 6.45) is 0. The molecule has 0 saturated heterocycles. The number of hydrogen-bond acceptors (Lipinski definition) is 6. The zero-order valence-electron chi connectivity index (χ0n) is 13.7. The molecule has 0 bridgehead atoms. The predicted molar refractivity (Wildman–Crippen MR) is 91.9 cm³/mol. The van der Waals surface area contributed by atoms with Gasteiger partial charge in [-0.1, -0.05) is 24.3 Å². The number of aromatic hydroxyl groups is 1. The Bertz CT molecular complexity index is 875. The Balaban J connectivity index is 2.04. The number of anilines is 1. The Hall–Kier alpha value is -3.06. The molecule has 1 aliphatic rings. The summed E-state index contributed by atoms with van der Waals surface area (Å²) >= 11 is 0. The molecule has 1 aliphatic heterocycles. The van der Waals surface area contributed by atoms with Crippen LogP contribution in [0.1, 0.15) is 0 Å². The van der Waals surface area contributed by atoms with Crippen molar-refractivity contribution in [3.05, 3.63) is 47.7 Å². The minimum Gasteiger partial charge on any atom is -0.507 e. The number of benzene rings is 2. The summed E-state index contributed by atoms with van der Waals surface area (Å²) in [7, 11) is 1.25. The number of esters is 1. The lowest BCUT2D eigenvalue weighted by Crippen LogP contribution is -2.31. The number of ether oxygens (including phenoxy) is 1. The summed E-state index contributed by atoms with van der Waals surface area (Å²) in [6.45, 7) is 0.000855. The molecule has 0 fully saturated rings. The van der Waals surface area contributed by atoms with E-state index in [1.165, 1.54) is 18.1 Å². The number of phenols is 1. The van der Waals surface area contributed by atoms with E-state index < -0.39 is 5.97 Å². The van der Waals surface area contributed by atoms with Crippen molar-refractivity contribution in [1.29, 1.82) is 0 Å². The van der Waals surface area contributed by atoms with Gasteiger partial charge in [0.15, 0.2) is 0 Å². The number of rotatable bonds is 5. The molecule has 0 atom stereocenters. The molecular weight excluding hydrogens is 324 g/mol. The number of phenolic OH excluding ortho intramolecular Hbond substituents is 1. The van der Waals surface area contributed by atoms with Crippen molar-refractivity contribution in [2.24, 2.45) is 0 Å². The average Bonchev–Trinajstić information content (AvgIpc) is 2.93. The number of aliphatic hydroxyl groups excluding tert-OH is 1. The fourth-order valence-electron chi connectivity index (χ4n) is 2.88. The number of β-amino-alcohol motifs (C(OH)–C–C–N with tert-alkyl or cyclic N) is 1. The quantitative estimate of drug-likeness (QED) is 0.558. The van der Waals surface area contributed by atoms with Gasteiger partial charge in [-0.05, 0) is 12.1 Å². The van der Waals surface area contributed by atoms with Crippen molar-refractivity contribution in [3.63, 3.8) is 0 Å². The molecule has 0 radical (unpaired) electrons. The van der Waals surface area contributed by atoms with Crippen LogP contribution in [0.4, 0.5) is 5.69 Å². The van der Waals surface area contributed by atoms with Gasteiger partial charge in [-0.3, -0.25) is 4.79 Å². The van der Waals surface area contributed by atoms with Crippen LogP contribution in [0, 0.1) is 0 Å². The Kier molecular flexibility index (Phi) is 4.58. The van der Waals surface area contributed by atoms with Gasteiger partial charge >= 0.3 is 5.97 Å². The molecule has 3 N–H and O–H groups in total. The van der Waals surface area contributed by atoms with Crippen LogP contribution in [0.25, 0.3) is 10.8 Å². The van der Waals surface area contributed by atoms with E-state index >= 15 is 0 Å². The average molecular weight is 342 g/mol. The summed E-state index contributed by atoms with van der Waals surface area (Å²) in [4.78, 5) is 26.0. The van der Waals surface area contributed by atoms with E-state index in [0.717, 1.165) is 0 Å². The predicted octanol–water partition coefficient (Wildman–Crippen LogP) is 1.22. The largest absolute Gasteiger partial charge is 0.507 e. The number of carbonyl (C=O) groups excluding carboxylic acids is 2. The van der Waals surface area contributed by atoms with Crippen molar-refractivity contribution in [2.45, 2.75) is 0 Å². The van der Waals surface area contributed by atoms with Crippen molar-refractivity contribution in [2.75, 3.05) is 32.1 Å². The van der Waals surface area contributed by atoms with E-state index in [1.807, 2.05) is 6.07 Å². The van der Waals surface area contributed by atoms with Crippen LogP contribution in [-0.4, -0.2) is 53.8 Å². The van der Waals surface area contributed by atoms with Crippen molar-refractivity contribution >= 4 is 28.3 Å². The normalized spacial score (nSPS) is 14.3. The van der Waals surface area contributed by atoms with Gasteiger partial charge in [0.05, 0.1) is 25.8 Å². The lowest BCUT2D eigenvalue weighted by molar-refractivity contribution is -0.136. The highest BCUT2D eigenvalue weighted by atomic mass is 16.5. The molecule has 0 aromatic heterocycles. The van der Waals surface area contributed by atoms with E-state index in [0.29, 0.717) is 16.5 Å². The highest BCUT2D eigenvalue weighted by Crippen LogP contribution is 2.32. The summed E-state index contributed by atoms with van der Waals surface area (Å²) < 4.78 is 4.77. The second-order valence-electron chi connectivity index (χ2n) is 5.60. The van der Waals surface area contributed by atoms with E-state index in [1.54, 1.807) is 24.3 Å². The third-order valence-corrected chi connectivity index (χ3v) is 4.11. The summed E-state index contributed by atoms with van der Waals surface area (Å²) in [6, 6.07) is 10.3. The number of nitrogens with one attached hydrogen (secondary N) is 1. The highest BCUT2D eigenvalue weighted by Gasteiger charge is 2.34. The monoisotopic (exact) mass is 342 g/mol. The van der Waals surface area contributed by atoms with E-state index in [2.05, 4.69) is 5.32 Å². The maximum atomic E-state index is 12.6. The van der Waals surface area contributed by atoms with E-state index in [9.17, 15) is 14.7 Å². The fourth-order valence-corrected chi connectivity index (χ4v) is 2.88. The van der Waals surface area contributed by atoms with Crippen LogP contribution < -0.4 is 5.32 Å². The Morgan fingerprint density at radius 3 is 2.64 bits per heavy atom. The van der Waals surface area contributed by atoms with Gasteiger partial charge in [0.2, 0.25) is 0 Å². The summed E-state index contributed by atoms with van der Waals surface area (Å²) in [5.41, 5.74) is 0.915. The Labute approximate surface area is 144 Å². The first kappa shape index (κ1) is 16.8. The van der Waals surface area contributed by atoms with E-state index in [4.69, 9.17) is 9.84 Å². The molecular formula is C18H18N2O5. The molecule has 7 nitrogen and oxygen atoms in total. The lowest BCUT2D eigenvalue weighted by Gasteiger charge is -2.15. The van der Waals surface area contributed by atoms with Gasteiger partial charge in [0.1, 0.15) is 11.4 Å².